The van der Waals surface area contributed by atoms with E-state index in [0.29, 0.717) is 45.8 Å². The Balaban J connectivity index is 1.54. The second-order valence-corrected chi connectivity index (χ2v) is 9.08. The van der Waals surface area contributed by atoms with Crippen LogP contribution in [0.1, 0.15) is 11.1 Å². The van der Waals surface area contributed by atoms with Crippen LogP contribution in [0, 0.1) is 0 Å². The molecular formula is C26H34N4O3. The van der Waals surface area contributed by atoms with E-state index in [-0.39, 0.29) is 11.8 Å². The van der Waals surface area contributed by atoms with Gasteiger partial charge in [0.05, 0.1) is 6.61 Å². The summed E-state index contributed by atoms with van der Waals surface area (Å²) < 4.78 is 6.25. The number of hydrogen-bond donors (Lipinski definition) is 1. The number of carbonyl (C=O) groups excluding carboxylic acids is 2. The van der Waals surface area contributed by atoms with E-state index in [1.54, 1.807) is 7.05 Å². The number of amides is 2. The van der Waals surface area contributed by atoms with Crippen molar-refractivity contribution in [2.45, 2.75) is 24.6 Å². The molecule has 0 unspecified atom stereocenters. The summed E-state index contributed by atoms with van der Waals surface area (Å²) in [4.78, 5) is 32.9. The molecule has 33 heavy (non-hydrogen) atoms. The molecule has 2 saturated heterocycles. The maximum Gasteiger partial charge on any atom is 0.256 e. The fourth-order valence-corrected chi connectivity index (χ4v) is 4.91. The van der Waals surface area contributed by atoms with E-state index in [9.17, 15) is 9.59 Å². The van der Waals surface area contributed by atoms with E-state index in [0.717, 1.165) is 17.7 Å². The predicted octanol–water partition coefficient (Wildman–Crippen LogP) is 1.39. The Kier molecular flexibility index (Phi) is 7.42. The number of benzene rings is 2. The number of piperazine rings is 1. The molecule has 0 aromatic heterocycles. The maximum absolute atomic E-state index is 14.0. The number of morpholine rings is 1. The summed E-state index contributed by atoms with van der Waals surface area (Å²) in [6, 6.07) is 19.8. The van der Waals surface area contributed by atoms with E-state index < -0.39 is 11.6 Å². The van der Waals surface area contributed by atoms with Crippen LogP contribution in [0.15, 0.2) is 60.7 Å². The van der Waals surface area contributed by atoms with Gasteiger partial charge < -0.3 is 19.9 Å². The first-order chi connectivity index (χ1) is 16.0. The van der Waals surface area contributed by atoms with Gasteiger partial charge in [-0.1, -0.05) is 60.7 Å². The highest BCUT2D eigenvalue weighted by atomic mass is 16.5. The minimum atomic E-state index is -0.941. The number of nitrogens with one attached hydrogen (secondary N) is 1. The number of ether oxygens (including phenoxy) is 1. The van der Waals surface area contributed by atoms with E-state index in [4.69, 9.17) is 4.74 Å². The van der Waals surface area contributed by atoms with E-state index in [1.165, 1.54) is 0 Å². The lowest BCUT2D eigenvalue weighted by molar-refractivity contribution is -0.173. The topological polar surface area (TPSA) is 65.1 Å². The van der Waals surface area contributed by atoms with Crippen LogP contribution in [0.3, 0.4) is 0 Å². The SMILES string of the molecule is CNC(=O)[C@H]1CN(C(=O)[C@]2(Cc3ccccc3)CN(C)CCO2)CCN1Cc1ccccc1. The molecule has 7 heteroatoms. The molecule has 2 heterocycles. The third-order valence-electron chi connectivity index (χ3n) is 6.65. The van der Waals surface area contributed by atoms with Crippen LogP contribution in [-0.2, 0) is 27.3 Å². The van der Waals surface area contributed by atoms with Gasteiger partial charge in [0.25, 0.3) is 5.91 Å². The fourth-order valence-electron chi connectivity index (χ4n) is 4.91. The Morgan fingerprint density at radius 3 is 2.30 bits per heavy atom. The molecule has 2 aliphatic rings. The van der Waals surface area contributed by atoms with Gasteiger partial charge in [-0.2, -0.15) is 0 Å². The Labute approximate surface area is 196 Å². The molecule has 2 atom stereocenters. The largest absolute Gasteiger partial charge is 0.362 e. The number of rotatable bonds is 6. The quantitative estimate of drug-likeness (QED) is 0.721. The van der Waals surface area contributed by atoms with Crippen molar-refractivity contribution in [2.75, 3.05) is 53.4 Å². The molecule has 0 saturated carbocycles. The lowest BCUT2D eigenvalue weighted by atomic mass is 9.90. The number of likely N-dealkylation sites (N-methyl/N-ethyl adjacent to an activating group) is 2. The second-order valence-electron chi connectivity index (χ2n) is 9.08. The van der Waals surface area contributed by atoms with Gasteiger partial charge in [-0.05, 0) is 18.2 Å². The van der Waals surface area contributed by atoms with Crippen LogP contribution in [0.25, 0.3) is 0 Å². The lowest BCUT2D eigenvalue weighted by Gasteiger charge is -2.46. The van der Waals surface area contributed by atoms with Crippen LogP contribution in [0.2, 0.25) is 0 Å². The van der Waals surface area contributed by atoms with Crippen molar-refractivity contribution in [3.63, 3.8) is 0 Å². The molecule has 2 aliphatic heterocycles. The molecule has 1 N–H and O–H groups in total. The first-order valence-electron chi connectivity index (χ1n) is 11.7. The monoisotopic (exact) mass is 450 g/mol. The highest BCUT2D eigenvalue weighted by molar-refractivity contribution is 5.88. The van der Waals surface area contributed by atoms with Crippen molar-refractivity contribution in [2.24, 2.45) is 0 Å². The molecule has 4 rings (SSSR count). The molecule has 0 radical (unpaired) electrons. The zero-order valence-electron chi connectivity index (χ0n) is 19.6. The normalized spacial score (nSPS) is 24.4. The summed E-state index contributed by atoms with van der Waals surface area (Å²) in [6.07, 6.45) is 0.520. The standard InChI is InChI=1S/C26H34N4O3/c1-27-24(31)23-19-30(14-13-29(23)18-22-11-7-4-8-12-22)25(32)26(20-28(2)15-16-33-26)17-21-9-5-3-6-10-21/h3-12,23H,13-20H2,1-2H3,(H,27,31)/t23-,26+/m1/s1. The van der Waals surface area contributed by atoms with Gasteiger partial charge in [0.1, 0.15) is 6.04 Å². The maximum atomic E-state index is 14.0. The average molecular weight is 451 g/mol. The van der Waals surface area contributed by atoms with Crippen LogP contribution in [-0.4, -0.2) is 91.6 Å². The van der Waals surface area contributed by atoms with Gasteiger partial charge in [-0.25, -0.2) is 0 Å². The minimum absolute atomic E-state index is 0.0221. The third-order valence-corrected chi connectivity index (χ3v) is 6.65. The fraction of sp³-hybridized carbons (Fsp3) is 0.462. The first kappa shape index (κ1) is 23.4. The Bertz CT molecular complexity index is 939. The van der Waals surface area contributed by atoms with E-state index in [1.807, 2.05) is 60.5 Å². The van der Waals surface area contributed by atoms with Crippen LogP contribution < -0.4 is 5.32 Å². The second kappa shape index (κ2) is 10.5. The minimum Gasteiger partial charge on any atom is -0.362 e. The molecule has 2 amide bonds. The van der Waals surface area contributed by atoms with Crippen LogP contribution >= 0.6 is 0 Å². The smallest absolute Gasteiger partial charge is 0.256 e. The summed E-state index contributed by atoms with van der Waals surface area (Å²) >= 11 is 0. The van der Waals surface area contributed by atoms with Crippen molar-refractivity contribution in [3.05, 3.63) is 71.8 Å². The highest BCUT2D eigenvalue weighted by Crippen LogP contribution is 2.27. The molecular weight excluding hydrogens is 416 g/mol. The lowest BCUT2D eigenvalue weighted by Crippen LogP contribution is -2.66. The molecule has 7 nitrogen and oxygen atoms in total. The Hall–Kier alpha value is -2.74. The van der Waals surface area contributed by atoms with Gasteiger partial charge in [-0.3, -0.25) is 14.5 Å². The summed E-state index contributed by atoms with van der Waals surface area (Å²) in [5.41, 5.74) is 1.29. The Morgan fingerprint density at radius 2 is 1.67 bits per heavy atom. The van der Waals surface area contributed by atoms with Crippen molar-refractivity contribution >= 4 is 11.8 Å². The molecule has 176 valence electrons. The summed E-state index contributed by atoms with van der Waals surface area (Å²) in [6.45, 7) is 4.09. The number of hydrogen-bond acceptors (Lipinski definition) is 5. The van der Waals surface area contributed by atoms with Gasteiger partial charge in [-0.15, -0.1) is 0 Å². The van der Waals surface area contributed by atoms with Crippen molar-refractivity contribution in [1.29, 1.82) is 0 Å². The van der Waals surface area contributed by atoms with Crippen LogP contribution in [0.4, 0.5) is 0 Å². The molecule has 0 bridgehead atoms. The van der Waals surface area contributed by atoms with Crippen LogP contribution in [0.5, 0.6) is 0 Å². The first-order valence-corrected chi connectivity index (χ1v) is 11.7. The van der Waals surface area contributed by atoms with Gasteiger partial charge in [0, 0.05) is 52.7 Å². The predicted molar refractivity (Wildman–Crippen MR) is 128 cm³/mol. The van der Waals surface area contributed by atoms with Gasteiger partial charge >= 0.3 is 0 Å². The van der Waals surface area contributed by atoms with E-state index >= 15 is 0 Å². The molecule has 2 fully saturated rings. The molecule has 2 aromatic rings. The molecule has 0 spiro atoms. The van der Waals surface area contributed by atoms with E-state index in [2.05, 4.69) is 27.2 Å². The summed E-state index contributed by atoms with van der Waals surface area (Å²) in [7, 11) is 3.68. The highest BCUT2D eigenvalue weighted by Gasteiger charge is 2.47. The number of carbonyl (C=O) groups is 2. The summed E-state index contributed by atoms with van der Waals surface area (Å²) in [5.74, 6) is -0.0895. The number of nitrogens with zero attached hydrogens (tertiary/aromatic N) is 3. The van der Waals surface area contributed by atoms with Crippen molar-refractivity contribution in [3.8, 4) is 0 Å². The van der Waals surface area contributed by atoms with Gasteiger partial charge in [0.15, 0.2) is 5.60 Å². The van der Waals surface area contributed by atoms with Gasteiger partial charge in [0.2, 0.25) is 5.91 Å². The average Bonchev–Trinajstić information content (AvgIpc) is 2.84. The zero-order valence-corrected chi connectivity index (χ0v) is 19.6. The Morgan fingerprint density at radius 1 is 1.00 bits per heavy atom. The zero-order chi connectivity index (χ0) is 23.3. The summed E-state index contributed by atoms with van der Waals surface area (Å²) in [5, 5.41) is 2.79. The van der Waals surface area contributed by atoms with Crippen molar-refractivity contribution < 1.29 is 14.3 Å². The molecule has 0 aliphatic carbocycles. The molecule has 2 aromatic carbocycles. The third kappa shape index (κ3) is 5.43. The van der Waals surface area contributed by atoms with Crippen molar-refractivity contribution in [1.82, 2.24) is 20.0 Å².